The first kappa shape index (κ1) is 27.4. The van der Waals surface area contributed by atoms with E-state index < -0.39 is 15.9 Å². The number of hydrogen-bond donors (Lipinski definition) is 1. The van der Waals surface area contributed by atoms with Gasteiger partial charge in [-0.25, -0.2) is 8.42 Å². The number of para-hydroxylation sites is 1. The average molecular weight is 556 g/mol. The van der Waals surface area contributed by atoms with Crippen LogP contribution in [0.2, 0.25) is 0 Å². The van der Waals surface area contributed by atoms with Crippen LogP contribution in [0.5, 0.6) is 11.5 Å². The Balaban J connectivity index is 1.77. The highest BCUT2D eigenvalue weighted by Crippen LogP contribution is 2.33. The Morgan fingerprint density at radius 2 is 1.71 bits per heavy atom. The van der Waals surface area contributed by atoms with Gasteiger partial charge >= 0.3 is 0 Å². The zero-order valence-corrected chi connectivity index (χ0v) is 23.2. The average Bonchev–Trinajstić information content (AvgIpc) is 3.23. The predicted octanol–water partition coefficient (Wildman–Crippen LogP) is 4.61. The zero-order chi connectivity index (χ0) is 27.3. The molecule has 200 valence electrons. The van der Waals surface area contributed by atoms with E-state index in [1.807, 2.05) is 30.5 Å². The van der Waals surface area contributed by atoms with Crippen molar-refractivity contribution in [2.45, 2.75) is 25.3 Å². The van der Waals surface area contributed by atoms with Crippen molar-refractivity contribution in [2.75, 3.05) is 32.2 Å². The molecule has 0 radical (unpaired) electrons. The number of thiazole rings is 1. The van der Waals surface area contributed by atoms with Gasteiger partial charge in [-0.15, -0.1) is 0 Å². The monoisotopic (exact) mass is 555 g/mol. The number of nitrogens with zero attached hydrogens (tertiary/aromatic N) is 2. The maximum absolute atomic E-state index is 13.4. The Morgan fingerprint density at radius 1 is 1.03 bits per heavy atom. The van der Waals surface area contributed by atoms with Crippen LogP contribution in [0.15, 0.2) is 70.6 Å². The lowest BCUT2D eigenvalue weighted by atomic mass is 10.2. The fourth-order valence-corrected chi connectivity index (χ4v) is 5.97. The summed E-state index contributed by atoms with van der Waals surface area (Å²) < 4.78 is 47.7. The van der Waals surface area contributed by atoms with E-state index in [1.54, 1.807) is 44.6 Å². The lowest BCUT2D eigenvalue weighted by Gasteiger charge is -2.11. The first-order valence-electron chi connectivity index (χ1n) is 11.9. The molecule has 0 saturated carbocycles. The van der Waals surface area contributed by atoms with E-state index in [-0.39, 0.29) is 16.1 Å². The van der Waals surface area contributed by atoms with Gasteiger partial charge in [0.15, 0.2) is 16.3 Å². The molecule has 1 amide bonds. The minimum atomic E-state index is -3.91. The summed E-state index contributed by atoms with van der Waals surface area (Å²) in [5.74, 6) is 0.534. The van der Waals surface area contributed by atoms with E-state index in [1.165, 1.54) is 29.5 Å². The molecule has 9 nitrogen and oxygen atoms in total. The number of nitrogens with one attached hydrogen (secondary N) is 1. The second-order valence-electron chi connectivity index (χ2n) is 8.29. The molecular formula is C27H29N3O6S2. The number of sulfonamides is 1. The molecule has 0 unspecified atom stereocenters. The van der Waals surface area contributed by atoms with Crippen LogP contribution in [0, 0.1) is 6.92 Å². The van der Waals surface area contributed by atoms with Crippen molar-refractivity contribution in [1.29, 1.82) is 0 Å². The number of rotatable bonds is 10. The Morgan fingerprint density at radius 3 is 2.39 bits per heavy atom. The van der Waals surface area contributed by atoms with Gasteiger partial charge in [-0.1, -0.05) is 41.2 Å². The first-order chi connectivity index (χ1) is 18.3. The van der Waals surface area contributed by atoms with Gasteiger partial charge < -0.3 is 18.8 Å². The van der Waals surface area contributed by atoms with Gasteiger partial charge in [0.2, 0.25) is 0 Å². The van der Waals surface area contributed by atoms with Crippen molar-refractivity contribution in [1.82, 2.24) is 4.57 Å². The Hall–Kier alpha value is -3.67. The SMILES string of the molecule is CCOCCn1c(=NC(=O)c2ccccc2NS(=O)(=O)c2ccc(C)cc2)sc2cc(OC)c(OC)cc21. The molecule has 0 aliphatic heterocycles. The molecule has 0 aliphatic carbocycles. The molecule has 0 aliphatic rings. The van der Waals surface area contributed by atoms with Crippen molar-refractivity contribution < 1.29 is 27.4 Å². The minimum absolute atomic E-state index is 0.100. The number of aryl methyl sites for hydroxylation is 1. The number of carbonyl (C=O) groups is 1. The molecule has 0 bridgehead atoms. The molecule has 0 atom stereocenters. The number of anilines is 1. The summed E-state index contributed by atoms with van der Waals surface area (Å²) in [5, 5.41) is 0. The second kappa shape index (κ2) is 11.8. The van der Waals surface area contributed by atoms with Crippen LogP contribution in [0.4, 0.5) is 5.69 Å². The van der Waals surface area contributed by atoms with E-state index in [4.69, 9.17) is 14.2 Å². The van der Waals surface area contributed by atoms with Crippen LogP contribution < -0.4 is 19.0 Å². The lowest BCUT2D eigenvalue weighted by Crippen LogP contribution is -2.20. The molecule has 0 fully saturated rings. The van der Waals surface area contributed by atoms with Gasteiger partial charge in [0, 0.05) is 25.3 Å². The van der Waals surface area contributed by atoms with Crippen LogP contribution in [0.3, 0.4) is 0 Å². The number of fused-ring (bicyclic) bond motifs is 1. The number of methoxy groups -OCH3 is 2. The second-order valence-corrected chi connectivity index (χ2v) is 11.0. The molecule has 11 heteroatoms. The van der Waals surface area contributed by atoms with Gasteiger partial charge in [0.25, 0.3) is 15.9 Å². The predicted molar refractivity (Wildman–Crippen MR) is 148 cm³/mol. The van der Waals surface area contributed by atoms with Crippen molar-refractivity contribution >= 4 is 43.2 Å². The van der Waals surface area contributed by atoms with E-state index in [9.17, 15) is 13.2 Å². The topological polar surface area (TPSA) is 108 Å². The van der Waals surface area contributed by atoms with Gasteiger partial charge in [0.1, 0.15) is 0 Å². The molecule has 1 aromatic heterocycles. The molecule has 0 spiro atoms. The maximum atomic E-state index is 13.4. The zero-order valence-electron chi connectivity index (χ0n) is 21.6. The van der Waals surface area contributed by atoms with Crippen LogP contribution in [-0.2, 0) is 21.3 Å². The third-order valence-corrected chi connectivity index (χ3v) is 8.20. The van der Waals surface area contributed by atoms with Crippen molar-refractivity contribution in [3.63, 3.8) is 0 Å². The highest BCUT2D eigenvalue weighted by Gasteiger charge is 2.19. The Bertz CT molecular complexity index is 1620. The Kier molecular flexibility index (Phi) is 8.50. The van der Waals surface area contributed by atoms with Crippen LogP contribution in [-0.4, -0.2) is 46.3 Å². The fourth-order valence-electron chi connectivity index (χ4n) is 3.83. The van der Waals surface area contributed by atoms with Crippen LogP contribution in [0.25, 0.3) is 10.2 Å². The van der Waals surface area contributed by atoms with Crippen LogP contribution in [0.1, 0.15) is 22.8 Å². The molecule has 38 heavy (non-hydrogen) atoms. The van der Waals surface area contributed by atoms with Gasteiger partial charge in [0.05, 0.1) is 47.2 Å². The summed E-state index contributed by atoms with van der Waals surface area (Å²) in [6.45, 7) is 5.22. The van der Waals surface area contributed by atoms with Gasteiger partial charge in [-0.2, -0.15) is 4.99 Å². The number of hydrogen-bond acceptors (Lipinski definition) is 7. The van der Waals surface area contributed by atoms with Crippen LogP contribution >= 0.6 is 11.3 Å². The summed E-state index contributed by atoms with van der Waals surface area (Å²) in [4.78, 5) is 18.4. The molecule has 0 saturated heterocycles. The molecule has 1 N–H and O–H groups in total. The molecule has 4 rings (SSSR count). The number of carbonyl (C=O) groups excluding carboxylic acids is 1. The number of benzene rings is 3. The number of aromatic nitrogens is 1. The fraction of sp³-hybridized carbons (Fsp3) is 0.259. The van der Waals surface area contributed by atoms with Crippen molar-refractivity contribution in [3.05, 3.63) is 76.6 Å². The highest BCUT2D eigenvalue weighted by molar-refractivity contribution is 7.92. The number of amides is 1. The molecular weight excluding hydrogens is 526 g/mol. The third kappa shape index (κ3) is 5.90. The normalized spacial score (nSPS) is 12.1. The molecule has 1 heterocycles. The Labute approximate surface area is 225 Å². The summed E-state index contributed by atoms with van der Waals surface area (Å²) >= 11 is 1.32. The van der Waals surface area contributed by atoms with E-state index in [0.717, 1.165) is 15.8 Å². The quantitative estimate of drug-likeness (QED) is 0.287. The van der Waals surface area contributed by atoms with Crippen molar-refractivity contribution in [2.24, 2.45) is 4.99 Å². The maximum Gasteiger partial charge on any atom is 0.281 e. The third-order valence-electron chi connectivity index (χ3n) is 5.78. The first-order valence-corrected chi connectivity index (χ1v) is 14.2. The number of ether oxygens (including phenoxy) is 3. The highest BCUT2D eigenvalue weighted by atomic mass is 32.2. The summed E-state index contributed by atoms with van der Waals surface area (Å²) in [5.41, 5.74) is 2.03. The largest absolute Gasteiger partial charge is 0.493 e. The smallest absolute Gasteiger partial charge is 0.281 e. The van der Waals surface area contributed by atoms with Gasteiger partial charge in [-0.05, 0) is 38.1 Å². The van der Waals surface area contributed by atoms with Crippen molar-refractivity contribution in [3.8, 4) is 11.5 Å². The minimum Gasteiger partial charge on any atom is -0.493 e. The van der Waals surface area contributed by atoms with E-state index in [0.29, 0.717) is 36.1 Å². The summed E-state index contributed by atoms with van der Waals surface area (Å²) in [7, 11) is -0.790. The van der Waals surface area contributed by atoms with Gasteiger partial charge in [-0.3, -0.25) is 9.52 Å². The molecule has 3 aromatic carbocycles. The van der Waals surface area contributed by atoms with E-state index in [2.05, 4.69) is 9.71 Å². The standard InChI is InChI=1S/C27H29N3O6S2/c1-5-36-15-14-30-22-16-23(34-3)24(35-4)17-25(22)37-27(30)28-26(31)20-8-6-7-9-21(20)29-38(32,33)19-12-10-18(2)11-13-19/h6-13,16-17,29H,5,14-15H2,1-4H3. The lowest BCUT2D eigenvalue weighted by molar-refractivity contribution is 0.0997. The van der Waals surface area contributed by atoms with E-state index >= 15 is 0 Å². The summed E-state index contributed by atoms with van der Waals surface area (Å²) in [6.07, 6.45) is 0. The summed E-state index contributed by atoms with van der Waals surface area (Å²) in [6, 6.07) is 16.6. The molecule has 4 aromatic rings.